The van der Waals surface area contributed by atoms with E-state index in [4.69, 9.17) is 69.4 Å². The van der Waals surface area contributed by atoms with E-state index in [2.05, 4.69) is 105 Å². The molecule has 688 valence electrons. The molecule has 1 aliphatic heterocycles. The number of thioether (sulfide) groups is 1. The highest BCUT2D eigenvalue weighted by Crippen LogP contribution is 2.12. The number of amides is 14. The molecule has 0 spiro atoms. The van der Waals surface area contributed by atoms with Crippen LogP contribution in [0.25, 0.3) is 0 Å². The van der Waals surface area contributed by atoms with Gasteiger partial charge in [-0.2, -0.15) is 25.3 Å². The van der Waals surface area contributed by atoms with Gasteiger partial charge in [-0.05, 0) is 43.2 Å². The minimum absolute atomic E-state index is 0.0302. The van der Waals surface area contributed by atoms with Crippen LogP contribution in [-0.2, 0) is 131 Å². The predicted octanol–water partition coefficient (Wildman–Crippen LogP) is -7.67. The maximum atomic E-state index is 14.6. The van der Waals surface area contributed by atoms with E-state index in [-0.39, 0.29) is 167 Å². The maximum absolute atomic E-state index is 14.6. The van der Waals surface area contributed by atoms with E-state index in [0.29, 0.717) is 58.4 Å². The van der Waals surface area contributed by atoms with E-state index in [1.165, 1.54) is 6.21 Å². The van der Waals surface area contributed by atoms with E-state index >= 15 is 0 Å². The Morgan fingerprint density at radius 3 is 1.36 bits per heavy atom. The monoisotopic (exact) mass is 1800 g/mol. The highest BCUT2D eigenvalue weighted by molar-refractivity contribution is 8.00. The van der Waals surface area contributed by atoms with E-state index in [9.17, 15) is 77.0 Å². The number of nitrogens with one attached hydrogen (secondary N) is 13. The average Bonchev–Trinajstić information content (AvgIpc) is 1.24. The van der Waals surface area contributed by atoms with Gasteiger partial charge in [0.15, 0.2) is 12.6 Å². The van der Waals surface area contributed by atoms with E-state index < -0.39 is 169 Å². The molecule has 0 saturated carbocycles. The summed E-state index contributed by atoms with van der Waals surface area (Å²) in [6.45, 7) is 1.21. The molecule has 2 aromatic rings. The smallest absolute Gasteiger partial charge is 0.305 e. The Hall–Kier alpha value is -10.1. The van der Waals surface area contributed by atoms with Crippen LogP contribution >= 0.6 is 37.0 Å². The first-order valence-corrected chi connectivity index (χ1v) is 41.9. The van der Waals surface area contributed by atoms with Crippen LogP contribution in [0.2, 0.25) is 0 Å². The summed E-state index contributed by atoms with van der Waals surface area (Å²) in [5.41, 5.74) is 17.3. The average molecular weight is 1800 g/mol. The van der Waals surface area contributed by atoms with Gasteiger partial charge in [0.2, 0.25) is 76.8 Å². The molecule has 45 nitrogen and oxygen atoms in total. The van der Waals surface area contributed by atoms with Crippen molar-refractivity contribution in [3.63, 3.8) is 0 Å². The lowest BCUT2D eigenvalue weighted by atomic mass is 10.0. The Morgan fingerprint density at radius 1 is 0.447 bits per heavy atom. The summed E-state index contributed by atoms with van der Waals surface area (Å²) in [7, 11) is 0. The summed E-state index contributed by atoms with van der Waals surface area (Å²) in [6, 6.07) is 6.79. The zero-order chi connectivity index (χ0) is 89.9. The van der Waals surface area contributed by atoms with Gasteiger partial charge in [-0.1, -0.05) is 65.8 Å². The van der Waals surface area contributed by atoms with Crippen LogP contribution in [0.3, 0.4) is 0 Å². The van der Waals surface area contributed by atoms with E-state index in [0.717, 1.165) is 17.3 Å². The number of rotatable bonds is 58. The minimum atomic E-state index is -1.88. The predicted molar refractivity (Wildman–Crippen MR) is 450 cm³/mol. The molecule has 1 saturated heterocycles. The first-order chi connectivity index (χ1) is 59.4. The second-order valence-electron chi connectivity index (χ2n) is 26.3. The Morgan fingerprint density at radius 2 is 0.862 bits per heavy atom. The van der Waals surface area contributed by atoms with Gasteiger partial charge in [-0.3, -0.25) is 76.9 Å². The zero-order valence-electron chi connectivity index (χ0n) is 68.5. The lowest BCUT2D eigenvalue weighted by Gasteiger charge is -2.26. The zero-order valence-corrected chi connectivity index (χ0v) is 71.1. The summed E-state index contributed by atoms with van der Waals surface area (Å²) in [5.74, 6) is -14.7. The molecule has 0 radical (unpaired) electrons. The number of hydrogen-bond donors (Lipinski definition) is 19. The number of nitrogens with zero attached hydrogens (tertiary/aromatic N) is 2. The van der Waals surface area contributed by atoms with Crippen molar-refractivity contribution in [1.82, 2.24) is 69.1 Å². The number of carbonyl (C=O) groups excluding carboxylic acids is 14. The van der Waals surface area contributed by atoms with Gasteiger partial charge in [0.1, 0.15) is 68.7 Å². The number of guanidine groups is 1. The van der Waals surface area contributed by atoms with Crippen molar-refractivity contribution in [2.75, 3.05) is 208 Å². The third kappa shape index (κ3) is 54.9. The number of aliphatic carboxylic acids is 1. The number of thiol groups is 2. The highest BCUT2D eigenvalue weighted by atomic mass is 32.2. The van der Waals surface area contributed by atoms with Crippen molar-refractivity contribution >= 4 is 138 Å². The number of unbranched alkanes of at least 4 members (excludes halogenated alkanes) is 1. The number of carboxylic acids is 1. The summed E-state index contributed by atoms with van der Waals surface area (Å²) >= 11 is 9.38. The molecule has 7 atom stereocenters. The standard InChI is InChI=1S/C75H118N18O27S3/c76-60(94)42-118-43-63(97)80-18-22-110-26-30-114-33-29-113-25-21-83-69(104)59-49-123-50-66(100)87-54(14-7-8-16-79-62(96)44-119-45-64(98)81-19-23-111-27-31-115-34-36-117-37-35-116-32-28-112-24-20-82-65(99)46-120-86-40-52-12-5-2-6-13-52)70(105)91-57(47-121)73(108)89-53(15-9-17-84-75(77)78)68(103)85-41-61(95)88-56(39-67(101)102)72(107)92-58(48-122)74(109)90-55(71(106)93-59)38-51-10-3-1-4-11-51/h1-6,10-13,40,53-59,121-122H,7-9,14-39,41-50H2,(H2,76,94)(H,79,96)(H,80,97)(H,81,98)(H,82,99)(H,83,104)(H,85,103)(H,87,100)(H,88,95)(H,89,108)(H,90,109)(H,91,105)(H,92,107)(H,93,106)(H,101,102)(H4,77,78,84)/b86-40+/t53-,54-,55-,56-,57-,58?,59?/m0/s1. The summed E-state index contributed by atoms with van der Waals surface area (Å²) in [5, 5.41) is 46.5. The quantitative estimate of drug-likeness (QED) is 0.00962. The largest absolute Gasteiger partial charge is 0.481 e. The molecule has 1 fully saturated rings. The first kappa shape index (κ1) is 107. The fourth-order valence-electron chi connectivity index (χ4n) is 10.3. The Bertz CT molecular complexity index is 3570. The van der Waals surface area contributed by atoms with Crippen LogP contribution < -0.4 is 86.3 Å². The third-order valence-electron chi connectivity index (χ3n) is 16.3. The summed E-state index contributed by atoms with van der Waals surface area (Å²) < 4.78 is 54.1. The minimum Gasteiger partial charge on any atom is -0.481 e. The SMILES string of the molecule is NC(=O)COCC(=O)NCCOCCOCCOCCNC(=O)C1CSCC(=O)N[C@@H](CCCCNC(=O)COCC(=O)NCCOCCOCCOCCOCCOCCNC(=O)CO/N=C/c2ccccc2)C(=O)N[C@@H](CS)C(=O)N[C@@H](CCCN=C(N)N)C(=O)NCC(=O)N[C@@H](CC(=O)O)C(=O)NC(CS)C(=O)N[C@@H](Cc2ccccc2)C(=O)N1. The summed E-state index contributed by atoms with van der Waals surface area (Å²) in [6.07, 6.45) is 0.407. The number of hydrogen-bond acceptors (Lipinski definition) is 31. The van der Waals surface area contributed by atoms with Gasteiger partial charge in [0, 0.05) is 62.9 Å². The van der Waals surface area contributed by atoms with Crippen molar-refractivity contribution in [3.8, 4) is 0 Å². The Labute approximate surface area is 726 Å². The first-order valence-electron chi connectivity index (χ1n) is 39.5. The van der Waals surface area contributed by atoms with Gasteiger partial charge < -0.3 is 144 Å². The van der Waals surface area contributed by atoms with Crippen LogP contribution in [0.15, 0.2) is 70.8 Å². The molecule has 48 heteroatoms. The number of ether oxygens (including phenoxy) is 10. The Kier molecular flexibility index (Phi) is 59.5. The van der Waals surface area contributed by atoms with Crippen LogP contribution in [0.1, 0.15) is 49.7 Å². The van der Waals surface area contributed by atoms with Crippen molar-refractivity contribution in [1.29, 1.82) is 0 Å². The van der Waals surface area contributed by atoms with E-state index in [1.807, 2.05) is 30.3 Å². The lowest BCUT2D eigenvalue weighted by molar-refractivity contribution is -0.141. The lowest BCUT2D eigenvalue weighted by Crippen LogP contribution is -2.60. The Balaban J connectivity index is 1.63. The number of primary amides is 1. The fourth-order valence-corrected chi connectivity index (χ4v) is 11.6. The molecule has 1 heterocycles. The van der Waals surface area contributed by atoms with Crippen LogP contribution in [0.5, 0.6) is 0 Å². The van der Waals surface area contributed by atoms with Gasteiger partial charge in [-0.15, -0.1) is 11.8 Å². The number of nitrogens with two attached hydrogens (primary N) is 3. The van der Waals surface area contributed by atoms with Crippen LogP contribution in [0.4, 0.5) is 0 Å². The number of carboxylic acid groups (broad SMARTS) is 1. The number of aliphatic imine (C=N–C) groups is 1. The van der Waals surface area contributed by atoms with Crippen molar-refractivity contribution in [3.05, 3.63) is 71.8 Å². The molecule has 0 bridgehead atoms. The molecular formula is C75H118N18O27S3. The molecule has 0 aromatic heterocycles. The van der Waals surface area contributed by atoms with E-state index in [1.54, 1.807) is 30.3 Å². The van der Waals surface area contributed by atoms with Gasteiger partial charge in [0.05, 0.1) is 131 Å². The summed E-state index contributed by atoms with van der Waals surface area (Å²) in [4.78, 5) is 207. The van der Waals surface area contributed by atoms with Crippen molar-refractivity contribution < 1.29 is 129 Å². The van der Waals surface area contributed by atoms with Crippen LogP contribution in [-0.4, -0.2) is 356 Å². The number of oxime groups is 1. The second-order valence-corrected chi connectivity index (χ2v) is 28.1. The number of benzene rings is 2. The van der Waals surface area contributed by atoms with Gasteiger partial charge >= 0.3 is 5.97 Å². The molecule has 2 unspecified atom stereocenters. The van der Waals surface area contributed by atoms with Gasteiger partial charge in [0.25, 0.3) is 5.91 Å². The fraction of sp³-hybridized carbons (Fsp3) is 0.613. The highest BCUT2D eigenvalue weighted by Gasteiger charge is 2.34. The topological polar surface area (TPSA) is 637 Å². The third-order valence-corrected chi connectivity index (χ3v) is 18.1. The molecular weight excluding hydrogens is 1680 g/mol. The number of carbonyl (C=O) groups is 15. The normalized spacial score (nSPS) is 18.0. The van der Waals surface area contributed by atoms with Crippen LogP contribution in [0, 0.1) is 0 Å². The van der Waals surface area contributed by atoms with Crippen molar-refractivity contribution in [2.24, 2.45) is 27.3 Å². The molecule has 20 N–H and O–H groups in total. The molecule has 1 aliphatic rings. The molecule has 3 rings (SSSR count). The molecule has 0 aliphatic carbocycles. The molecule has 2 aromatic carbocycles. The second kappa shape index (κ2) is 68.3. The molecule has 123 heavy (non-hydrogen) atoms. The molecule has 14 amide bonds. The maximum Gasteiger partial charge on any atom is 0.305 e. The van der Waals surface area contributed by atoms with Crippen molar-refractivity contribution in [2.45, 2.75) is 87.2 Å². The van der Waals surface area contributed by atoms with Gasteiger partial charge in [-0.25, -0.2) is 0 Å².